The maximum atomic E-state index is 10.5. The smallest absolute Gasteiger partial charge is 0.317 e. The third-order valence-corrected chi connectivity index (χ3v) is 2.29. The van der Waals surface area contributed by atoms with Crippen molar-refractivity contribution < 1.29 is 9.90 Å². The van der Waals surface area contributed by atoms with Crippen LogP contribution in [0.25, 0.3) is 0 Å². The van der Waals surface area contributed by atoms with E-state index in [-0.39, 0.29) is 6.54 Å². The van der Waals surface area contributed by atoms with Crippen LogP contribution in [-0.2, 0) is 4.79 Å². The van der Waals surface area contributed by atoms with Crippen LogP contribution in [0.4, 0.5) is 0 Å². The number of rotatable bonds is 5. The van der Waals surface area contributed by atoms with Crippen molar-refractivity contribution in [1.29, 1.82) is 0 Å². The molecule has 12 heavy (non-hydrogen) atoms. The topological polar surface area (TPSA) is 40.5 Å². The molecule has 1 rings (SSSR count). The molecule has 0 spiro atoms. The number of nitrogens with zero attached hydrogens (tertiary/aromatic N) is 1. The fourth-order valence-corrected chi connectivity index (χ4v) is 1.43. The highest BCUT2D eigenvalue weighted by Gasteiger charge is 2.25. The first kappa shape index (κ1) is 9.26. The molecule has 1 saturated carbocycles. The van der Waals surface area contributed by atoms with E-state index in [2.05, 4.69) is 6.58 Å². The molecule has 1 N–H and O–H groups in total. The average molecular weight is 169 g/mol. The van der Waals surface area contributed by atoms with Crippen molar-refractivity contribution >= 4 is 5.97 Å². The van der Waals surface area contributed by atoms with Gasteiger partial charge in [-0.3, -0.25) is 9.69 Å². The molecule has 0 saturated heterocycles. The summed E-state index contributed by atoms with van der Waals surface area (Å²) in [7, 11) is 0. The zero-order valence-corrected chi connectivity index (χ0v) is 7.20. The number of carboxylic acid groups (broad SMARTS) is 1. The maximum Gasteiger partial charge on any atom is 0.317 e. The van der Waals surface area contributed by atoms with Gasteiger partial charge in [0.15, 0.2) is 0 Å². The van der Waals surface area contributed by atoms with Crippen LogP contribution in [-0.4, -0.2) is 35.1 Å². The molecule has 0 aliphatic heterocycles. The Hall–Kier alpha value is -0.830. The van der Waals surface area contributed by atoms with Gasteiger partial charge in [-0.05, 0) is 12.8 Å². The van der Waals surface area contributed by atoms with Crippen molar-refractivity contribution in [3.8, 4) is 0 Å². The summed E-state index contributed by atoms with van der Waals surface area (Å²) in [5.74, 6) is -0.747. The van der Waals surface area contributed by atoms with Gasteiger partial charge in [-0.15, -0.1) is 6.58 Å². The van der Waals surface area contributed by atoms with Gasteiger partial charge in [-0.1, -0.05) is 12.5 Å². The van der Waals surface area contributed by atoms with Gasteiger partial charge >= 0.3 is 5.97 Å². The lowest BCUT2D eigenvalue weighted by Gasteiger charge is -2.35. The minimum Gasteiger partial charge on any atom is -0.480 e. The molecule has 0 heterocycles. The van der Waals surface area contributed by atoms with Crippen LogP contribution in [0.1, 0.15) is 19.3 Å². The van der Waals surface area contributed by atoms with Crippen molar-refractivity contribution in [1.82, 2.24) is 4.90 Å². The molecule has 3 heteroatoms. The van der Waals surface area contributed by atoms with Gasteiger partial charge in [0.25, 0.3) is 0 Å². The molecule has 0 radical (unpaired) electrons. The molecular weight excluding hydrogens is 154 g/mol. The van der Waals surface area contributed by atoms with Crippen LogP contribution in [0, 0.1) is 0 Å². The molecule has 3 nitrogen and oxygen atoms in total. The monoisotopic (exact) mass is 169 g/mol. The van der Waals surface area contributed by atoms with E-state index in [1.54, 1.807) is 6.08 Å². The van der Waals surface area contributed by atoms with E-state index < -0.39 is 5.97 Å². The zero-order valence-electron chi connectivity index (χ0n) is 7.20. The number of aliphatic carboxylic acids is 1. The molecule has 1 fully saturated rings. The van der Waals surface area contributed by atoms with E-state index in [0.717, 1.165) is 12.8 Å². The Morgan fingerprint density at radius 1 is 1.67 bits per heavy atom. The Kier molecular flexibility index (Phi) is 3.29. The van der Waals surface area contributed by atoms with Crippen LogP contribution >= 0.6 is 0 Å². The van der Waals surface area contributed by atoms with Gasteiger partial charge in [-0.2, -0.15) is 0 Å². The third kappa shape index (κ3) is 2.34. The molecule has 0 aromatic carbocycles. The van der Waals surface area contributed by atoms with Gasteiger partial charge < -0.3 is 5.11 Å². The Morgan fingerprint density at radius 3 is 2.67 bits per heavy atom. The molecular formula is C9H15NO2. The van der Waals surface area contributed by atoms with Crippen LogP contribution in [0.3, 0.4) is 0 Å². The lowest BCUT2D eigenvalue weighted by molar-refractivity contribution is -0.139. The lowest BCUT2D eigenvalue weighted by Crippen LogP contribution is -2.43. The average Bonchev–Trinajstić information content (AvgIpc) is 1.81. The van der Waals surface area contributed by atoms with Gasteiger partial charge in [0.1, 0.15) is 0 Å². The third-order valence-electron chi connectivity index (χ3n) is 2.29. The second-order valence-electron chi connectivity index (χ2n) is 3.20. The lowest BCUT2D eigenvalue weighted by atomic mass is 9.91. The van der Waals surface area contributed by atoms with Crippen molar-refractivity contribution in [2.45, 2.75) is 25.3 Å². The maximum absolute atomic E-state index is 10.5. The summed E-state index contributed by atoms with van der Waals surface area (Å²) >= 11 is 0. The quantitative estimate of drug-likeness (QED) is 0.627. The molecule has 0 aromatic rings. The Morgan fingerprint density at radius 2 is 2.33 bits per heavy atom. The van der Waals surface area contributed by atoms with Gasteiger partial charge in [0.05, 0.1) is 6.54 Å². The number of hydrogen-bond donors (Lipinski definition) is 1. The van der Waals surface area contributed by atoms with E-state index in [4.69, 9.17) is 5.11 Å². The van der Waals surface area contributed by atoms with Crippen LogP contribution in [0.15, 0.2) is 12.7 Å². The fourth-order valence-electron chi connectivity index (χ4n) is 1.43. The SMILES string of the molecule is C=CCN(CC(=O)O)C1CCC1. The van der Waals surface area contributed by atoms with E-state index in [1.807, 2.05) is 4.90 Å². The predicted molar refractivity (Wildman–Crippen MR) is 47.0 cm³/mol. The van der Waals surface area contributed by atoms with Gasteiger partial charge in [0, 0.05) is 12.6 Å². The molecule has 68 valence electrons. The summed E-state index contributed by atoms with van der Waals surface area (Å²) < 4.78 is 0. The number of carbonyl (C=O) groups is 1. The van der Waals surface area contributed by atoms with Gasteiger partial charge in [-0.25, -0.2) is 0 Å². The molecule has 0 aromatic heterocycles. The molecule has 0 atom stereocenters. The van der Waals surface area contributed by atoms with Crippen molar-refractivity contribution in [3.63, 3.8) is 0 Å². The molecule has 0 unspecified atom stereocenters. The molecule has 0 amide bonds. The van der Waals surface area contributed by atoms with Crippen molar-refractivity contribution in [2.24, 2.45) is 0 Å². The van der Waals surface area contributed by atoms with Gasteiger partial charge in [0.2, 0.25) is 0 Å². The summed E-state index contributed by atoms with van der Waals surface area (Å²) in [5.41, 5.74) is 0. The normalized spacial score (nSPS) is 17.4. The van der Waals surface area contributed by atoms with Crippen LogP contribution in [0.2, 0.25) is 0 Å². The van der Waals surface area contributed by atoms with E-state index in [9.17, 15) is 4.79 Å². The standard InChI is InChI=1S/C9H15NO2/c1-2-6-10(7-9(11)12)8-4-3-5-8/h2,8H,1,3-7H2,(H,11,12). The summed E-state index contributed by atoms with van der Waals surface area (Å²) in [6, 6.07) is 0.485. The second-order valence-corrected chi connectivity index (χ2v) is 3.20. The Labute approximate surface area is 72.7 Å². The first-order valence-corrected chi connectivity index (χ1v) is 4.30. The van der Waals surface area contributed by atoms with Crippen LogP contribution in [0.5, 0.6) is 0 Å². The van der Waals surface area contributed by atoms with E-state index >= 15 is 0 Å². The summed E-state index contributed by atoms with van der Waals surface area (Å²) in [6.45, 7) is 4.45. The summed E-state index contributed by atoms with van der Waals surface area (Å²) in [4.78, 5) is 12.4. The molecule has 1 aliphatic rings. The number of hydrogen-bond acceptors (Lipinski definition) is 2. The van der Waals surface area contributed by atoms with Crippen molar-refractivity contribution in [2.75, 3.05) is 13.1 Å². The second kappa shape index (κ2) is 4.26. The first-order valence-electron chi connectivity index (χ1n) is 4.30. The Bertz CT molecular complexity index is 175. The van der Waals surface area contributed by atoms with E-state index in [0.29, 0.717) is 12.6 Å². The fraction of sp³-hybridized carbons (Fsp3) is 0.667. The highest BCUT2D eigenvalue weighted by Crippen LogP contribution is 2.24. The largest absolute Gasteiger partial charge is 0.480 e. The highest BCUT2D eigenvalue weighted by molar-refractivity contribution is 5.69. The minimum atomic E-state index is -0.747. The zero-order chi connectivity index (χ0) is 8.97. The Balaban J connectivity index is 2.36. The highest BCUT2D eigenvalue weighted by atomic mass is 16.4. The van der Waals surface area contributed by atoms with Crippen molar-refractivity contribution in [3.05, 3.63) is 12.7 Å². The summed E-state index contributed by atoms with van der Waals surface area (Å²) in [6.07, 6.45) is 5.28. The number of carboxylic acids is 1. The minimum absolute atomic E-state index is 0.149. The summed E-state index contributed by atoms with van der Waals surface area (Å²) in [5, 5.41) is 8.60. The molecule has 0 bridgehead atoms. The predicted octanol–water partition coefficient (Wildman–Crippen LogP) is 1.11. The molecule has 1 aliphatic carbocycles. The first-order chi connectivity index (χ1) is 5.74. The van der Waals surface area contributed by atoms with Crippen LogP contribution < -0.4 is 0 Å². The van der Waals surface area contributed by atoms with E-state index in [1.165, 1.54) is 6.42 Å².